The van der Waals surface area contributed by atoms with Gasteiger partial charge in [-0.15, -0.1) is 0 Å². The summed E-state index contributed by atoms with van der Waals surface area (Å²) < 4.78 is 25.2. The van der Waals surface area contributed by atoms with Gasteiger partial charge < -0.3 is 23.8 Å². The summed E-state index contributed by atoms with van der Waals surface area (Å²) in [5, 5.41) is 0.248. The molecule has 10 heteroatoms. The maximum Gasteiger partial charge on any atom is 0.296 e. The Labute approximate surface area is 220 Å². The van der Waals surface area contributed by atoms with Gasteiger partial charge in [0, 0.05) is 44.2 Å². The minimum Gasteiger partial charge on any atom is -0.488 e. The van der Waals surface area contributed by atoms with Crippen molar-refractivity contribution >= 4 is 23.5 Å². The number of aliphatic imine (C=N–C) groups is 1. The monoisotopic (exact) mass is 524 g/mol. The molecule has 194 valence electrons. The lowest BCUT2D eigenvalue weighted by molar-refractivity contribution is 0.0651. The lowest BCUT2D eigenvalue weighted by atomic mass is 10.1. The highest BCUT2D eigenvalue weighted by molar-refractivity contribution is 6.32. The fourth-order valence-electron chi connectivity index (χ4n) is 4.16. The first-order chi connectivity index (χ1) is 17.9. The molecule has 4 heterocycles. The van der Waals surface area contributed by atoms with Crippen LogP contribution >= 0.6 is 11.6 Å². The van der Waals surface area contributed by atoms with E-state index in [1.54, 1.807) is 24.1 Å². The van der Waals surface area contributed by atoms with Crippen molar-refractivity contribution in [3.05, 3.63) is 59.4 Å². The van der Waals surface area contributed by atoms with Crippen molar-refractivity contribution < 1.29 is 23.7 Å². The zero-order valence-electron chi connectivity index (χ0n) is 21.0. The number of ether oxygens (including phenoxy) is 4. The minimum absolute atomic E-state index is 0.0258. The van der Waals surface area contributed by atoms with Crippen LogP contribution in [0.1, 0.15) is 30.6 Å². The number of likely N-dealkylation sites (tertiary alicyclic amines) is 1. The summed E-state index contributed by atoms with van der Waals surface area (Å²) in [7, 11) is 1.63. The van der Waals surface area contributed by atoms with Crippen LogP contribution < -0.4 is 9.47 Å². The molecule has 9 nitrogen and oxygen atoms in total. The molecule has 2 atom stereocenters. The molecule has 0 bridgehead atoms. The zero-order valence-corrected chi connectivity index (χ0v) is 21.8. The molecule has 0 N–H and O–H groups in total. The van der Waals surface area contributed by atoms with Gasteiger partial charge >= 0.3 is 0 Å². The number of hydrogen-bond acceptors (Lipinski definition) is 7. The van der Waals surface area contributed by atoms with Gasteiger partial charge in [-0.05, 0) is 50.6 Å². The van der Waals surface area contributed by atoms with Crippen LogP contribution in [0.4, 0.5) is 0 Å². The number of amides is 1. The SMILES string of the molecule is COC[C@H](C)Oc1cc(Oc2ncc(C(=O)N3CCC3)cc2Cl)cc(-c2cccn2C2=NC[C@H](C)O2)c1. The van der Waals surface area contributed by atoms with E-state index in [0.717, 1.165) is 30.8 Å². The third-order valence-electron chi connectivity index (χ3n) is 6.07. The second-order valence-electron chi connectivity index (χ2n) is 9.15. The average Bonchev–Trinajstić information content (AvgIpc) is 3.48. The molecule has 1 aromatic carbocycles. The van der Waals surface area contributed by atoms with E-state index < -0.39 is 0 Å². The standard InChI is InChI=1S/C27H29ClN4O5/c1-17-14-30-27(36-17)32-9-4-6-24(32)19-10-21(35-18(2)16-34-3)13-22(11-19)37-25-23(28)12-20(15-29-25)26(33)31-7-5-8-31/h4,6,9-13,15,17-18H,5,7-8,14,16H2,1-3H3/t17-,18-/m0/s1. The van der Waals surface area contributed by atoms with Crippen molar-refractivity contribution in [2.24, 2.45) is 4.99 Å². The molecule has 1 amide bonds. The maximum absolute atomic E-state index is 12.5. The molecule has 1 fully saturated rings. The van der Waals surface area contributed by atoms with Crippen LogP contribution in [0.5, 0.6) is 17.4 Å². The summed E-state index contributed by atoms with van der Waals surface area (Å²) in [6.07, 6.45) is 4.25. The normalized spacial score (nSPS) is 17.6. The summed E-state index contributed by atoms with van der Waals surface area (Å²) in [6, 6.07) is 11.6. The fraction of sp³-hybridized carbons (Fsp3) is 0.370. The van der Waals surface area contributed by atoms with Gasteiger partial charge in [0.05, 0.1) is 24.4 Å². The van der Waals surface area contributed by atoms with Crippen molar-refractivity contribution in [2.45, 2.75) is 32.5 Å². The first kappa shape index (κ1) is 25.1. The van der Waals surface area contributed by atoms with Crippen LogP contribution in [0.3, 0.4) is 0 Å². The van der Waals surface area contributed by atoms with Crippen molar-refractivity contribution in [1.82, 2.24) is 14.5 Å². The topological polar surface area (TPSA) is 87.4 Å². The van der Waals surface area contributed by atoms with E-state index in [1.165, 1.54) is 6.20 Å². The molecular formula is C27H29ClN4O5. The number of hydrogen-bond donors (Lipinski definition) is 0. The lowest BCUT2D eigenvalue weighted by Gasteiger charge is -2.30. The van der Waals surface area contributed by atoms with Crippen LogP contribution in [0.15, 0.2) is 53.8 Å². The van der Waals surface area contributed by atoms with Gasteiger partial charge in [-0.3, -0.25) is 9.36 Å². The Bertz CT molecular complexity index is 1320. The zero-order chi connectivity index (χ0) is 25.9. The number of carbonyl (C=O) groups excluding carboxylic acids is 1. The van der Waals surface area contributed by atoms with E-state index in [9.17, 15) is 4.79 Å². The Hall–Kier alpha value is -3.56. The first-order valence-corrected chi connectivity index (χ1v) is 12.6. The van der Waals surface area contributed by atoms with Crippen LogP contribution in [-0.2, 0) is 9.47 Å². The summed E-state index contributed by atoms with van der Waals surface area (Å²) in [5.74, 6) is 1.18. The smallest absolute Gasteiger partial charge is 0.296 e. The van der Waals surface area contributed by atoms with Crippen molar-refractivity contribution in [1.29, 1.82) is 0 Å². The Morgan fingerprint density at radius 3 is 2.73 bits per heavy atom. The van der Waals surface area contributed by atoms with Crippen molar-refractivity contribution in [2.75, 3.05) is 33.4 Å². The molecule has 2 aliphatic rings. The van der Waals surface area contributed by atoms with Gasteiger partial charge in [0.1, 0.15) is 28.7 Å². The molecule has 2 aliphatic heterocycles. The van der Waals surface area contributed by atoms with Gasteiger partial charge in [0.2, 0.25) is 5.88 Å². The number of aromatic nitrogens is 2. The quantitative estimate of drug-likeness (QED) is 0.417. The predicted molar refractivity (Wildman–Crippen MR) is 140 cm³/mol. The molecule has 0 unspecified atom stereocenters. The summed E-state index contributed by atoms with van der Waals surface area (Å²) in [4.78, 5) is 23.1. The number of nitrogens with zero attached hydrogens (tertiary/aromatic N) is 4. The van der Waals surface area contributed by atoms with Crippen LogP contribution in [-0.4, -0.2) is 71.9 Å². The number of rotatable bonds is 8. The predicted octanol–water partition coefficient (Wildman–Crippen LogP) is 4.88. The summed E-state index contributed by atoms with van der Waals surface area (Å²) in [5.41, 5.74) is 2.12. The molecule has 5 rings (SSSR count). The molecule has 0 aliphatic carbocycles. The van der Waals surface area contributed by atoms with E-state index >= 15 is 0 Å². The van der Waals surface area contributed by atoms with Crippen LogP contribution in [0.25, 0.3) is 11.3 Å². The number of halogens is 1. The Kier molecular flexibility index (Phi) is 7.34. The summed E-state index contributed by atoms with van der Waals surface area (Å²) in [6.45, 7) is 6.46. The molecule has 0 spiro atoms. The van der Waals surface area contributed by atoms with Gasteiger partial charge in [0.25, 0.3) is 11.9 Å². The number of methoxy groups -OCH3 is 1. The highest BCUT2D eigenvalue weighted by Crippen LogP contribution is 2.35. The van der Waals surface area contributed by atoms with E-state index in [0.29, 0.717) is 36.2 Å². The minimum atomic E-state index is -0.184. The molecule has 2 aromatic heterocycles. The molecule has 0 radical (unpaired) electrons. The Morgan fingerprint density at radius 1 is 1.24 bits per heavy atom. The molecule has 37 heavy (non-hydrogen) atoms. The van der Waals surface area contributed by atoms with Gasteiger partial charge in [-0.2, -0.15) is 0 Å². The third-order valence-corrected chi connectivity index (χ3v) is 6.34. The average molecular weight is 525 g/mol. The van der Waals surface area contributed by atoms with E-state index in [2.05, 4.69) is 9.98 Å². The molecular weight excluding hydrogens is 496 g/mol. The highest BCUT2D eigenvalue weighted by Gasteiger charge is 2.23. The second kappa shape index (κ2) is 10.8. The van der Waals surface area contributed by atoms with E-state index in [1.807, 2.05) is 48.9 Å². The third kappa shape index (κ3) is 5.57. The lowest BCUT2D eigenvalue weighted by Crippen LogP contribution is -2.42. The number of pyridine rings is 1. The van der Waals surface area contributed by atoms with E-state index in [-0.39, 0.29) is 29.0 Å². The largest absolute Gasteiger partial charge is 0.488 e. The molecule has 1 saturated heterocycles. The number of carbonyl (C=O) groups is 1. The highest BCUT2D eigenvalue weighted by atomic mass is 35.5. The molecule has 3 aromatic rings. The van der Waals surface area contributed by atoms with Crippen molar-refractivity contribution in [3.63, 3.8) is 0 Å². The van der Waals surface area contributed by atoms with Crippen LogP contribution in [0.2, 0.25) is 5.02 Å². The Balaban J connectivity index is 1.46. The fourth-order valence-corrected chi connectivity index (χ4v) is 4.36. The van der Waals surface area contributed by atoms with Gasteiger partial charge in [-0.25, -0.2) is 9.98 Å². The van der Waals surface area contributed by atoms with Gasteiger partial charge in [-0.1, -0.05) is 11.6 Å². The maximum atomic E-state index is 12.5. The van der Waals surface area contributed by atoms with Crippen LogP contribution in [0, 0.1) is 0 Å². The second-order valence-corrected chi connectivity index (χ2v) is 9.56. The van der Waals surface area contributed by atoms with E-state index in [4.69, 9.17) is 30.5 Å². The summed E-state index contributed by atoms with van der Waals surface area (Å²) >= 11 is 6.48. The van der Waals surface area contributed by atoms with Crippen molar-refractivity contribution in [3.8, 4) is 28.6 Å². The number of benzene rings is 1. The Morgan fingerprint density at radius 2 is 2.05 bits per heavy atom. The molecule has 0 saturated carbocycles. The van der Waals surface area contributed by atoms with Gasteiger partial charge in [0.15, 0.2) is 0 Å². The first-order valence-electron chi connectivity index (χ1n) is 12.2.